The highest BCUT2D eigenvalue weighted by atomic mass is 15.1. The molecule has 22 heavy (non-hydrogen) atoms. The van der Waals surface area contributed by atoms with E-state index in [1.807, 2.05) is 60.7 Å². The Morgan fingerprint density at radius 2 is 1.55 bits per heavy atom. The first-order valence-electron chi connectivity index (χ1n) is 7.22. The SMILES string of the molecule is Nc1cccc(-c2nc3ccccc3n2-c2ccccc2)c1. The van der Waals surface area contributed by atoms with E-state index in [-0.39, 0.29) is 0 Å². The fourth-order valence-electron chi connectivity index (χ4n) is 2.74. The predicted molar refractivity (Wildman–Crippen MR) is 90.9 cm³/mol. The zero-order valence-electron chi connectivity index (χ0n) is 12.0. The lowest BCUT2D eigenvalue weighted by Crippen LogP contribution is -1.97. The average molecular weight is 285 g/mol. The second-order valence-electron chi connectivity index (χ2n) is 5.22. The van der Waals surface area contributed by atoms with Gasteiger partial charge in [0.15, 0.2) is 0 Å². The summed E-state index contributed by atoms with van der Waals surface area (Å²) in [6.45, 7) is 0. The van der Waals surface area contributed by atoms with Gasteiger partial charge in [-0.15, -0.1) is 0 Å². The first-order chi connectivity index (χ1) is 10.8. The van der Waals surface area contributed by atoms with E-state index in [1.54, 1.807) is 0 Å². The summed E-state index contributed by atoms with van der Waals surface area (Å²) in [5, 5.41) is 0. The minimum Gasteiger partial charge on any atom is -0.399 e. The molecule has 0 atom stereocenters. The van der Waals surface area contributed by atoms with Gasteiger partial charge in [-0.1, -0.05) is 42.5 Å². The van der Waals surface area contributed by atoms with E-state index in [0.717, 1.165) is 33.8 Å². The number of fused-ring (bicyclic) bond motifs is 1. The van der Waals surface area contributed by atoms with Gasteiger partial charge in [-0.05, 0) is 36.4 Å². The van der Waals surface area contributed by atoms with Gasteiger partial charge >= 0.3 is 0 Å². The molecule has 106 valence electrons. The summed E-state index contributed by atoms with van der Waals surface area (Å²) in [4.78, 5) is 4.81. The maximum atomic E-state index is 5.94. The summed E-state index contributed by atoms with van der Waals surface area (Å²) >= 11 is 0. The van der Waals surface area contributed by atoms with E-state index in [4.69, 9.17) is 10.7 Å². The summed E-state index contributed by atoms with van der Waals surface area (Å²) in [6, 6.07) is 26.3. The summed E-state index contributed by atoms with van der Waals surface area (Å²) in [5.41, 5.74) is 10.9. The zero-order chi connectivity index (χ0) is 14.9. The Hall–Kier alpha value is -3.07. The molecule has 0 amide bonds. The molecule has 0 aliphatic heterocycles. The summed E-state index contributed by atoms with van der Waals surface area (Å²) in [7, 11) is 0. The van der Waals surface area contributed by atoms with Gasteiger partial charge in [0.05, 0.1) is 11.0 Å². The monoisotopic (exact) mass is 285 g/mol. The molecule has 0 aliphatic rings. The van der Waals surface area contributed by atoms with Crippen LogP contribution in [0.25, 0.3) is 28.1 Å². The molecule has 3 heteroatoms. The maximum Gasteiger partial charge on any atom is 0.145 e. The van der Waals surface area contributed by atoms with E-state index in [1.165, 1.54) is 0 Å². The van der Waals surface area contributed by atoms with Crippen LogP contribution in [0.5, 0.6) is 0 Å². The second kappa shape index (κ2) is 5.04. The number of hydrogen-bond acceptors (Lipinski definition) is 2. The van der Waals surface area contributed by atoms with E-state index in [2.05, 4.69) is 22.8 Å². The molecule has 1 heterocycles. The van der Waals surface area contributed by atoms with Crippen molar-refractivity contribution in [1.82, 2.24) is 9.55 Å². The highest BCUT2D eigenvalue weighted by Gasteiger charge is 2.13. The Labute approximate surface area is 128 Å². The van der Waals surface area contributed by atoms with Crippen molar-refractivity contribution in [3.05, 3.63) is 78.9 Å². The number of rotatable bonds is 2. The molecule has 3 aromatic carbocycles. The second-order valence-corrected chi connectivity index (χ2v) is 5.22. The van der Waals surface area contributed by atoms with Gasteiger partial charge in [0.2, 0.25) is 0 Å². The van der Waals surface area contributed by atoms with Crippen LogP contribution in [0.4, 0.5) is 5.69 Å². The molecule has 0 radical (unpaired) electrons. The Balaban J connectivity index is 2.06. The van der Waals surface area contributed by atoms with Crippen LogP contribution in [0.15, 0.2) is 78.9 Å². The highest BCUT2D eigenvalue weighted by Crippen LogP contribution is 2.29. The van der Waals surface area contributed by atoms with E-state index >= 15 is 0 Å². The molecule has 0 fully saturated rings. The minimum atomic E-state index is 0.740. The molecule has 2 N–H and O–H groups in total. The lowest BCUT2D eigenvalue weighted by atomic mass is 10.2. The zero-order valence-corrected chi connectivity index (χ0v) is 12.0. The molecule has 0 unspecified atom stereocenters. The van der Waals surface area contributed by atoms with Crippen molar-refractivity contribution in [3.63, 3.8) is 0 Å². The van der Waals surface area contributed by atoms with Crippen LogP contribution in [-0.4, -0.2) is 9.55 Å². The van der Waals surface area contributed by atoms with E-state index in [0.29, 0.717) is 0 Å². The number of nitrogen functional groups attached to an aromatic ring is 1. The fraction of sp³-hybridized carbons (Fsp3) is 0. The number of hydrogen-bond donors (Lipinski definition) is 1. The molecule has 3 nitrogen and oxygen atoms in total. The number of para-hydroxylation sites is 3. The Morgan fingerprint density at radius 3 is 2.36 bits per heavy atom. The summed E-state index contributed by atoms with van der Waals surface area (Å²) in [6.07, 6.45) is 0. The molecule has 0 bridgehead atoms. The fourth-order valence-corrected chi connectivity index (χ4v) is 2.74. The standard InChI is InChI=1S/C19H15N3/c20-15-8-6-7-14(13-15)19-21-17-11-4-5-12-18(17)22(19)16-9-2-1-3-10-16/h1-13H,20H2. The number of benzene rings is 3. The van der Waals surface area contributed by atoms with Crippen molar-refractivity contribution in [2.75, 3.05) is 5.73 Å². The lowest BCUT2D eigenvalue weighted by molar-refractivity contribution is 1.10. The third-order valence-corrected chi connectivity index (χ3v) is 3.72. The van der Waals surface area contributed by atoms with E-state index < -0.39 is 0 Å². The van der Waals surface area contributed by atoms with Crippen molar-refractivity contribution >= 4 is 16.7 Å². The smallest absolute Gasteiger partial charge is 0.145 e. The molecule has 0 spiro atoms. The van der Waals surface area contributed by atoms with Crippen LogP contribution in [0.2, 0.25) is 0 Å². The van der Waals surface area contributed by atoms with Crippen LogP contribution in [0.1, 0.15) is 0 Å². The van der Waals surface area contributed by atoms with Crippen LogP contribution in [-0.2, 0) is 0 Å². The van der Waals surface area contributed by atoms with Gasteiger partial charge in [-0.25, -0.2) is 4.98 Å². The van der Waals surface area contributed by atoms with Crippen molar-refractivity contribution in [3.8, 4) is 17.1 Å². The lowest BCUT2D eigenvalue weighted by Gasteiger charge is -2.09. The quantitative estimate of drug-likeness (QED) is 0.559. The number of aromatic nitrogens is 2. The summed E-state index contributed by atoms with van der Waals surface area (Å²) in [5.74, 6) is 0.903. The van der Waals surface area contributed by atoms with Crippen LogP contribution in [0, 0.1) is 0 Å². The molecular formula is C19H15N3. The van der Waals surface area contributed by atoms with Gasteiger partial charge in [0, 0.05) is 16.9 Å². The normalized spacial score (nSPS) is 10.9. The Kier molecular flexibility index (Phi) is 2.90. The van der Waals surface area contributed by atoms with Crippen molar-refractivity contribution < 1.29 is 0 Å². The van der Waals surface area contributed by atoms with E-state index in [9.17, 15) is 0 Å². The Bertz CT molecular complexity index is 939. The van der Waals surface area contributed by atoms with Crippen LogP contribution < -0.4 is 5.73 Å². The Morgan fingerprint density at radius 1 is 0.773 bits per heavy atom. The number of imidazole rings is 1. The molecule has 4 aromatic rings. The molecule has 0 saturated heterocycles. The van der Waals surface area contributed by atoms with Gasteiger partial charge in [0.1, 0.15) is 5.82 Å². The van der Waals surface area contributed by atoms with Gasteiger partial charge in [-0.2, -0.15) is 0 Å². The molecule has 0 aliphatic carbocycles. The van der Waals surface area contributed by atoms with Gasteiger partial charge in [0.25, 0.3) is 0 Å². The first-order valence-corrected chi connectivity index (χ1v) is 7.22. The average Bonchev–Trinajstić information content (AvgIpc) is 2.95. The van der Waals surface area contributed by atoms with Crippen molar-refractivity contribution in [2.45, 2.75) is 0 Å². The minimum absolute atomic E-state index is 0.740. The topological polar surface area (TPSA) is 43.8 Å². The predicted octanol–water partition coefficient (Wildman–Crippen LogP) is 4.27. The van der Waals surface area contributed by atoms with Crippen molar-refractivity contribution in [2.24, 2.45) is 0 Å². The van der Waals surface area contributed by atoms with Crippen LogP contribution in [0.3, 0.4) is 0 Å². The first kappa shape index (κ1) is 12.7. The third-order valence-electron chi connectivity index (χ3n) is 3.72. The third kappa shape index (κ3) is 2.04. The molecular weight excluding hydrogens is 270 g/mol. The molecule has 0 saturated carbocycles. The van der Waals surface area contributed by atoms with Crippen LogP contribution >= 0.6 is 0 Å². The highest BCUT2D eigenvalue weighted by molar-refractivity contribution is 5.83. The van der Waals surface area contributed by atoms with Crippen molar-refractivity contribution in [1.29, 1.82) is 0 Å². The maximum absolute atomic E-state index is 5.94. The molecule has 4 rings (SSSR count). The van der Waals surface area contributed by atoms with Gasteiger partial charge < -0.3 is 5.73 Å². The largest absolute Gasteiger partial charge is 0.399 e. The number of anilines is 1. The number of nitrogens with two attached hydrogens (primary N) is 1. The summed E-state index contributed by atoms with van der Waals surface area (Å²) < 4.78 is 2.17. The number of nitrogens with zero attached hydrogens (tertiary/aromatic N) is 2. The molecule has 1 aromatic heterocycles. The van der Waals surface area contributed by atoms with Gasteiger partial charge in [-0.3, -0.25) is 4.57 Å².